The first-order chi connectivity index (χ1) is 7.70. The average molecular weight is 222 g/mol. The largest absolute Gasteiger partial charge is 0.381 e. The molecule has 0 aliphatic carbocycles. The number of hydrogen-bond acceptors (Lipinski definition) is 2. The van der Waals surface area contributed by atoms with Crippen LogP contribution in [-0.4, -0.2) is 24.3 Å². The lowest BCUT2D eigenvalue weighted by Crippen LogP contribution is -2.36. The summed E-state index contributed by atoms with van der Waals surface area (Å²) >= 11 is 0. The van der Waals surface area contributed by atoms with Crippen LogP contribution in [0.1, 0.15) is 25.5 Å². The molecule has 90 valence electrons. The van der Waals surface area contributed by atoms with Gasteiger partial charge in [0.2, 0.25) is 0 Å². The highest BCUT2D eigenvalue weighted by molar-refractivity contribution is 5.06. The predicted molar refractivity (Wildman–Crippen MR) is 65.3 cm³/mol. The summed E-state index contributed by atoms with van der Waals surface area (Å²) in [6.45, 7) is 6.24. The molecular weight excluding hydrogens is 200 g/mol. The first-order valence-corrected chi connectivity index (χ1v) is 6.08. The molecule has 0 aromatic carbocycles. The lowest BCUT2D eigenvalue weighted by atomic mass is 9.82. The van der Waals surface area contributed by atoms with Crippen molar-refractivity contribution in [2.75, 3.05) is 19.8 Å². The van der Waals surface area contributed by atoms with Crippen molar-refractivity contribution in [2.24, 2.45) is 12.5 Å². The summed E-state index contributed by atoms with van der Waals surface area (Å²) in [4.78, 5) is 0. The maximum absolute atomic E-state index is 5.40. The molecule has 1 N–H and O–H groups in total. The van der Waals surface area contributed by atoms with Crippen LogP contribution in [0.15, 0.2) is 18.3 Å². The highest BCUT2D eigenvalue weighted by Crippen LogP contribution is 2.28. The molecule has 1 aliphatic rings. The van der Waals surface area contributed by atoms with Crippen molar-refractivity contribution in [1.82, 2.24) is 9.88 Å². The standard InChI is InChI=1S/C13H22N2O/c1-13(5-8-16-9-6-13)11-14-10-12-4-3-7-15(12)2/h3-4,7,14H,5-6,8-11H2,1-2H3. The molecule has 3 heteroatoms. The quantitative estimate of drug-likeness (QED) is 0.842. The Labute approximate surface area is 97.8 Å². The van der Waals surface area contributed by atoms with Gasteiger partial charge in [-0.05, 0) is 30.4 Å². The molecule has 0 bridgehead atoms. The molecule has 16 heavy (non-hydrogen) atoms. The topological polar surface area (TPSA) is 26.2 Å². The highest BCUT2D eigenvalue weighted by atomic mass is 16.5. The van der Waals surface area contributed by atoms with Gasteiger partial charge in [-0.15, -0.1) is 0 Å². The lowest BCUT2D eigenvalue weighted by Gasteiger charge is -2.33. The predicted octanol–water partition coefficient (Wildman–Crippen LogP) is 1.93. The number of nitrogens with zero attached hydrogens (tertiary/aromatic N) is 1. The Hall–Kier alpha value is -0.800. The van der Waals surface area contributed by atoms with E-state index < -0.39 is 0 Å². The van der Waals surface area contributed by atoms with Gasteiger partial charge in [0, 0.05) is 45.2 Å². The van der Waals surface area contributed by atoms with Crippen LogP contribution in [0.2, 0.25) is 0 Å². The summed E-state index contributed by atoms with van der Waals surface area (Å²) in [5, 5.41) is 3.56. The molecule has 2 heterocycles. The van der Waals surface area contributed by atoms with Gasteiger partial charge in [0.1, 0.15) is 0 Å². The zero-order valence-electron chi connectivity index (χ0n) is 10.3. The zero-order valence-corrected chi connectivity index (χ0v) is 10.3. The Morgan fingerprint density at radius 1 is 1.44 bits per heavy atom. The van der Waals surface area contributed by atoms with Crippen LogP contribution in [0.4, 0.5) is 0 Å². The van der Waals surface area contributed by atoms with Gasteiger partial charge in [0.05, 0.1) is 0 Å². The molecule has 1 saturated heterocycles. The van der Waals surface area contributed by atoms with E-state index in [4.69, 9.17) is 4.74 Å². The fraction of sp³-hybridized carbons (Fsp3) is 0.692. The van der Waals surface area contributed by atoms with E-state index >= 15 is 0 Å². The lowest BCUT2D eigenvalue weighted by molar-refractivity contribution is 0.0239. The van der Waals surface area contributed by atoms with E-state index in [0.717, 1.165) is 26.3 Å². The molecule has 0 amide bonds. The SMILES string of the molecule is Cn1cccc1CNCC1(C)CCOCC1. The molecule has 1 aromatic heterocycles. The molecule has 0 unspecified atom stereocenters. The number of ether oxygens (including phenoxy) is 1. The third-order valence-electron chi connectivity index (χ3n) is 3.61. The van der Waals surface area contributed by atoms with Crippen LogP contribution in [-0.2, 0) is 18.3 Å². The van der Waals surface area contributed by atoms with Crippen LogP contribution in [0.5, 0.6) is 0 Å². The minimum absolute atomic E-state index is 0.420. The Balaban J connectivity index is 1.77. The molecular formula is C13H22N2O. The van der Waals surface area contributed by atoms with E-state index in [-0.39, 0.29) is 0 Å². The number of hydrogen-bond donors (Lipinski definition) is 1. The van der Waals surface area contributed by atoms with Crippen LogP contribution in [0, 0.1) is 5.41 Å². The van der Waals surface area contributed by atoms with Gasteiger partial charge < -0.3 is 14.6 Å². The Morgan fingerprint density at radius 3 is 2.81 bits per heavy atom. The summed E-state index contributed by atoms with van der Waals surface area (Å²) in [5.74, 6) is 0. The van der Waals surface area contributed by atoms with Crippen molar-refractivity contribution in [2.45, 2.75) is 26.3 Å². The third-order valence-corrected chi connectivity index (χ3v) is 3.61. The average Bonchev–Trinajstić information content (AvgIpc) is 2.65. The molecule has 1 aliphatic heterocycles. The van der Waals surface area contributed by atoms with E-state index in [0.29, 0.717) is 5.41 Å². The van der Waals surface area contributed by atoms with Crippen molar-refractivity contribution in [3.63, 3.8) is 0 Å². The molecule has 0 spiro atoms. The van der Waals surface area contributed by atoms with Crippen molar-refractivity contribution in [3.05, 3.63) is 24.0 Å². The van der Waals surface area contributed by atoms with Gasteiger partial charge in [-0.2, -0.15) is 0 Å². The van der Waals surface area contributed by atoms with Gasteiger partial charge in [-0.3, -0.25) is 0 Å². The van der Waals surface area contributed by atoms with Crippen LogP contribution in [0.25, 0.3) is 0 Å². The van der Waals surface area contributed by atoms with Crippen LogP contribution < -0.4 is 5.32 Å². The van der Waals surface area contributed by atoms with Crippen LogP contribution >= 0.6 is 0 Å². The Morgan fingerprint density at radius 2 is 2.19 bits per heavy atom. The van der Waals surface area contributed by atoms with Crippen molar-refractivity contribution in [3.8, 4) is 0 Å². The van der Waals surface area contributed by atoms with E-state index in [1.54, 1.807) is 0 Å². The summed E-state index contributed by atoms with van der Waals surface area (Å²) in [5.41, 5.74) is 1.76. The van der Waals surface area contributed by atoms with Gasteiger partial charge in [-0.25, -0.2) is 0 Å². The first-order valence-electron chi connectivity index (χ1n) is 6.08. The normalized spacial score (nSPS) is 19.9. The second-order valence-electron chi connectivity index (χ2n) is 5.14. The molecule has 0 atom stereocenters. The monoisotopic (exact) mass is 222 g/mol. The van der Waals surface area contributed by atoms with Crippen molar-refractivity contribution < 1.29 is 4.74 Å². The number of aryl methyl sites for hydroxylation is 1. The van der Waals surface area contributed by atoms with Crippen molar-refractivity contribution >= 4 is 0 Å². The van der Waals surface area contributed by atoms with E-state index in [2.05, 4.69) is 42.2 Å². The first kappa shape index (κ1) is 11.7. The number of rotatable bonds is 4. The van der Waals surface area contributed by atoms with Gasteiger partial charge >= 0.3 is 0 Å². The van der Waals surface area contributed by atoms with Crippen LogP contribution in [0.3, 0.4) is 0 Å². The Kier molecular flexibility index (Phi) is 3.66. The minimum Gasteiger partial charge on any atom is -0.381 e. The smallest absolute Gasteiger partial charge is 0.0471 e. The second kappa shape index (κ2) is 5.02. The molecule has 1 aromatic rings. The second-order valence-corrected chi connectivity index (χ2v) is 5.14. The fourth-order valence-electron chi connectivity index (χ4n) is 2.21. The van der Waals surface area contributed by atoms with E-state index in [1.807, 2.05) is 0 Å². The molecule has 3 nitrogen and oxygen atoms in total. The Bertz CT molecular complexity index is 326. The number of nitrogens with one attached hydrogen (secondary N) is 1. The zero-order chi connectivity index (χ0) is 11.4. The maximum Gasteiger partial charge on any atom is 0.0471 e. The fourth-order valence-corrected chi connectivity index (χ4v) is 2.21. The summed E-state index contributed by atoms with van der Waals surface area (Å²) in [6, 6.07) is 4.26. The molecule has 0 radical (unpaired) electrons. The highest BCUT2D eigenvalue weighted by Gasteiger charge is 2.26. The minimum atomic E-state index is 0.420. The van der Waals surface area contributed by atoms with Gasteiger partial charge in [-0.1, -0.05) is 6.92 Å². The maximum atomic E-state index is 5.40. The van der Waals surface area contributed by atoms with Gasteiger partial charge in [0.25, 0.3) is 0 Å². The van der Waals surface area contributed by atoms with E-state index in [9.17, 15) is 0 Å². The summed E-state index contributed by atoms with van der Waals surface area (Å²) < 4.78 is 7.57. The molecule has 1 fully saturated rings. The summed E-state index contributed by atoms with van der Waals surface area (Å²) in [6.07, 6.45) is 4.44. The van der Waals surface area contributed by atoms with E-state index in [1.165, 1.54) is 18.5 Å². The molecule has 2 rings (SSSR count). The van der Waals surface area contributed by atoms with Gasteiger partial charge in [0.15, 0.2) is 0 Å². The third kappa shape index (κ3) is 2.86. The number of aromatic nitrogens is 1. The molecule has 0 saturated carbocycles. The summed E-state index contributed by atoms with van der Waals surface area (Å²) in [7, 11) is 2.09. The van der Waals surface area contributed by atoms with Crippen molar-refractivity contribution in [1.29, 1.82) is 0 Å².